The molecule has 0 spiro atoms. The minimum absolute atomic E-state index is 0.759. The second-order valence-corrected chi connectivity index (χ2v) is 3.60. The summed E-state index contributed by atoms with van der Waals surface area (Å²) in [6, 6.07) is 15.9. The van der Waals surface area contributed by atoms with Gasteiger partial charge in [-0.1, -0.05) is 43.3 Å². The Morgan fingerprint density at radius 3 is 2.53 bits per heavy atom. The number of hydrazone groups is 1. The highest BCUT2D eigenvalue weighted by atomic mass is 15.3. The van der Waals surface area contributed by atoms with Gasteiger partial charge in [0.1, 0.15) is 5.82 Å². The Bertz CT molecular complexity index is 477. The number of rotatable bonds is 4. The van der Waals surface area contributed by atoms with E-state index in [0.717, 1.165) is 23.5 Å². The summed E-state index contributed by atoms with van der Waals surface area (Å²) in [4.78, 5) is 4.16. The molecule has 0 unspecified atom stereocenters. The molecule has 0 bridgehead atoms. The number of aromatic nitrogens is 1. The molecule has 1 aromatic heterocycles. The largest absolute Gasteiger partial charge is 0.261 e. The number of hydrogen-bond donors (Lipinski definition) is 1. The number of nitrogens with one attached hydrogen (secondary N) is 1. The molecule has 1 heterocycles. The third kappa shape index (κ3) is 3.14. The molecule has 0 amide bonds. The number of anilines is 1. The zero-order chi connectivity index (χ0) is 11.9. The third-order valence-electron chi connectivity index (χ3n) is 2.41. The summed E-state index contributed by atoms with van der Waals surface area (Å²) in [6.07, 6.45) is 2.62. The van der Waals surface area contributed by atoms with E-state index < -0.39 is 0 Å². The van der Waals surface area contributed by atoms with Gasteiger partial charge in [0.15, 0.2) is 0 Å². The van der Waals surface area contributed by atoms with Crippen molar-refractivity contribution in [3.63, 3.8) is 0 Å². The summed E-state index contributed by atoms with van der Waals surface area (Å²) in [6.45, 7) is 2.09. The van der Waals surface area contributed by atoms with Gasteiger partial charge in [-0.15, -0.1) is 0 Å². The third-order valence-corrected chi connectivity index (χ3v) is 2.41. The summed E-state index contributed by atoms with van der Waals surface area (Å²) in [5.41, 5.74) is 5.13. The van der Waals surface area contributed by atoms with Crippen molar-refractivity contribution in [2.45, 2.75) is 13.3 Å². The molecule has 3 nitrogen and oxygen atoms in total. The van der Waals surface area contributed by atoms with Crippen LogP contribution in [0.1, 0.15) is 18.9 Å². The maximum absolute atomic E-state index is 4.39. The molecule has 0 saturated carbocycles. The first-order valence-corrected chi connectivity index (χ1v) is 5.69. The zero-order valence-electron chi connectivity index (χ0n) is 9.80. The van der Waals surface area contributed by atoms with Gasteiger partial charge < -0.3 is 0 Å². The van der Waals surface area contributed by atoms with Crippen molar-refractivity contribution in [1.82, 2.24) is 4.98 Å². The Morgan fingerprint density at radius 2 is 1.88 bits per heavy atom. The molecule has 0 saturated heterocycles. The van der Waals surface area contributed by atoms with E-state index in [1.807, 2.05) is 36.4 Å². The molecule has 17 heavy (non-hydrogen) atoms. The van der Waals surface area contributed by atoms with E-state index in [1.165, 1.54) is 0 Å². The summed E-state index contributed by atoms with van der Waals surface area (Å²) in [7, 11) is 0. The minimum atomic E-state index is 0.759. The molecule has 2 rings (SSSR count). The van der Waals surface area contributed by atoms with Crippen LogP contribution < -0.4 is 5.43 Å². The second-order valence-electron chi connectivity index (χ2n) is 3.60. The smallest absolute Gasteiger partial charge is 0.146 e. The van der Waals surface area contributed by atoms with Crippen molar-refractivity contribution < 1.29 is 0 Å². The fraction of sp³-hybridized carbons (Fsp3) is 0.143. The topological polar surface area (TPSA) is 37.3 Å². The van der Waals surface area contributed by atoms with Gasteiger partial charge in [-0.05, 0) is 24.1 Å². The van der Waals surface area contributed by atoms with Crippen molar-refractivity contribution in [2.24, 2.45) is 5.10 Å². The standard InChI is InChI=1S/C14H15N3/c1-2-13(12-8-4-3-5-9-12)16-17-14-10-6-7-11-15-14/h3-11H,2H2,1H3,(H,15,17)/b16-13+. The molecule has 0 fully saturated rings. The van der Waals surface area contributed by atoms with Gasteiger partial charge in [-0.2, -0.15) is 5.10 Å². The van der Waals surface area contributed by atoms with Gasteiger partial charge >= 0.3 is 0 Å². The first-order valence-electron chi connectivity index (χ1n) is 5.69. The van der Waals surface area contributed by atoms with Gasteiger partial charge in [-0.3, -0.25) is 5.43 Å². The molecule has 0 aliphatic heterocycles. The average molecular weight is 225 g/mol. The molecule has 1 N–H and O–H groups in total. The van der Waals surface area contributed by atoms with E-state index in [0.29, 0.717) is 0 Å². The van der Waals surface area contributed by atoms with Crippen molar-refractivity contribution in [1.29, 1.82) is 0 Å². The highest BCUT2D eigenvalue weighted by molar-refractivity contribution is 6.00. The number of hydrogen-bond acceptors (Lipinski definition) is 3. The molecular formula is C14H15N3. The molecular weight excluding hydrogens is 210 g/mol. The van der Waals surface area contributed by atoms with Crippen LogP contribution in [-0.2, 0) is 0 Å². The molecule has 0 radical (unpaired) electrons. The Morgan fingerprint density at radius 1 is 1.12 bits per heavy atom. The average Bonchev–Trinajstić information content (AvgIpc) is 2.42. The first kappa shape index (κ1) is 11.3. The van der Waals surface area contributed by atoms with E-state index in [1.54, 1.807) is 6.20 Å². The highest BCUT2D eigenvalue weighted by Gasteiger charge is 1.99. The van der Waals surface area contributed by atoms with Crippen molar-refractivity contribution in [3.8, 4) is 0 Å². The van der Waals surface area contributed by atoms with E-state index >= 15 is 0 Å². The van der Waals surface area contributed by atoms with Gasteiger partial charge in [0.25, 0.3) is 0 Å². The lowest BCUT2D eigenvalue weighted by Gasteiger charge is -2.04. The lowest BCUT2D eigenvalue weighted by Crippen LogP contribution is -2.03. The van der Waals surface area contributed by atoms with Crippen LogP contribution in [0.2, 0.25) is 0 Å². The van der Waals surface area contributed by atoms with Crippen LogP contribution in [0.15, 0.2) is 59.8 Å². The molecule has 0 atom stereocenters. The maximum atomic E-state index is 4.39. The highest BCUT2D eigenvalue weighted by Crippen LogP contribution is 2.06. The number of pyridine rings is 1. The van der Waals surface area contributed by atoms with Crippen LogP contribution in [0.5, 0.6) is 0 Å². The summed E-state index contributed by atoms with van der Waals surface area (Å²) < 4.78 is 0. The molecule has 3 heteroatoms. The predicted molar refractivity (Wildman–Crippen MR) is 71.1 cm³/mol. The van der Waals surface area contributed by atoms with Crippen molar-refractivity contribution in [3.05, 3.63) is 60.3 Å². The van der Waals surface area contributed by atoms with Crippen LogP contribution in [0.4, 0.5) is 5.82 Å². The van der Waals surface area contributed by atoms with Crippen LogP contribution in [0.25, 0.3) is 0 Å². The Hall–Kier alpha value is -2.16. The predicted octanol–water partition coefficient (Wildman–Crippen LogP) is 3.31. The Balaban J connectivity index is 2.14. The van der Waals surface area contributed by atoms with Crippen molar-refractivity contribution >= 4 is 11.5 Å². The Labute approximate surface area is 101 Å². The Kier molecular flexibility index (Phi) is 3.86. The molecule has 86 valence electrons. The molecule has 1 aromatic carbocycles. The molecule has 0 aliphatic carbocycles. The van der Waals surface area contributed by atoms with Gasteiger partial charge in [-0.25, -0.2) is 4.98 Å². The van der Waals surface area contributed by atoms with Gasteiger partial charge in [0.05, 0.1) is 5.71 Å². The summed E-state index contributed by atoms with van der Waals surface area (Å²) in [5, 5.41) is 4.39. The molecule has 2 aromatic rings. The monoisotopic (exact) mass is 225 g/mol. The maximum Gasteiger partial charge on any atom is 0.146 e. The first-order chi connectivity index (χ1) is 8.40. The quantitative estimate of drug-likeness (QED) is 0.640. The van der Waals surface area contributed by atoms with Gasteiger partial charge in [0.2, 0.25) is 0 Å². The van der Waals surface area contributed by atoms with E-state index in [2.05, 4.69) is 34.6 Å². The lowest BCUT2D eigenvalue weighted by atomic mass is 10.1. The minimum Gasteiger partial charge on any atom is -0.261 e. The lowest BCUT2D eigenvalue weighted by molar-refractivity contribution is 1.18. The van der Waals surface area contributed by atoms with Crippen LogP contribution in [0.3, 0.4) is 0 Å². The number of benzene rings is 1. The van der Waals surface area contributed by atoms with Gasteiger partial charge in [0, 0.05) is 6.20 Å². The van der Waals surface area contributed by atoms with Crippen LogP contribution in [0, 0.1) is 0 Å². The zero-order valence-corrected chi connectivity index (χ0v) is 9.80. The van der Waals surface area contributed by atoms with Crippen LogP contribution >= 0.6 is 0 Å². The summed E-state index contributed by atoms with van der Waals surface area (Å²) >= 11 is 0. The SMILES string of the molecule is CC/C(=N\Nc1ccccn1)c1ccccc1. The second kappa shape index (κ2) is 5.80. The fourth-order valence-corrected chi connectivity index (χ4v) is 1.53. The van der Waals surface area contributed by atoms with Crippen LogP contribution in [-0.4, -0.2) is 10.7 Å². The normalized spacial score (nSPS) is 11.2. The van der Waals surface area contributed by atoms with E-state index in [-0.39, 0.29) is 0 Å². The van der Waals surface area contributed by atoms with Crippen molar-refractivity contribution in [2.75, 3.05) is 5.43 Å². The molecule has 0 aliphatic rings. The number of nitrogens with zero attached hydrogens (tertiary/aromatic N) is 2. The van der Waals surface area contributed by atoms with E-state index in [9.17, 15) is 0 Å². The summed E-state index contributed by atoms with van der Waals surface area (Å²) in [5.74, 6) is 0.759. The van der Waals surface area contributed by atoms with E-state index in [4.69, 9.17) is 0 Å². The fourth-order valence-electron chi connectivity index (χ4n) is 1.53.